The number of benzene rings is 1. The van der Waals surface area contributed by atoms with Gasteiger partial charge in [-0.25, -0.2) is 4.99 Å². The number of amidine groups is 1. The second-order valence-electron chi connectivity index (χ2n) is 10.5. The lowest BCUT2D eigenvalue weighted by Crippen LogP contribution is -2.47. The number of aliphatic imine (C=N–C) groups is 1. The van der Waals surface area contributed by atoms with E-state index < -0.39 is 0 Å². The normalized spacial score (nSPS) is 19.3. The van der Waals surface area contributed by atoms with Gasteiger partial charge in [0, 0.05) is 23.4 Å². The van der Waals surface area contributed by atoms with Gasteiger partial charge in [0.1, 0.15) is 5.82 Å². The number of nitrogens with one attached hydrogen (secondary N) is 1. The van der Waals surface area contributed by atoms with Crippen LogP contribution in [0.5, 0.6) is 0 Å². The predicted octanol–water partition coefficient (Wildman–Crippen LogP) is 6.41. The van der Waals surface area contributed by atoms with Gasteiger partial charge in [0.25, 0.3) is 5.91 Å². The number of aryl methyl sites for hydroxylation is 1. The van der Waals surface area contributed by atoms with Gasteiger partial charge in [-0.15, -0.1) is 10.2 Å². The molecule has 3 aromatic rings. The summed E-state index contributed by atoms with van der Waals surface area (Å²) in [6.45, 7) is 6.42. The summed E-state index contributed by atoms with van der Waals surface area (Å²) in [5.41, 5.74) is 5.35. The zero-order chi connectivity index (χ0) is 26.9. The molecule has 200 valence electrons. The quantitative estimate of drug-likeness (QED) is 0.405. The molecular formula is C31H35N7O. The van der Waals surface area contributed by atoms with Crippen molar-refractivity contribution in [2.75, 3.05) is 5.32 Å². The lowest BCUT2D eigenvalue weighted by Gasteiger charge is -2.42. The topological polar surface area (TPSA) is 88.3 Å². The zero-order valence-corrected chi connectivity index (χ0v) is 22.9. The molecule has 8 heteroatoms. The fourth-order valence-corrected chi connectivity index (χ4v) is 6.23. The number of hydrogen-bond acceptors (Lipinski definition) is 6. The highest BCUT2D eigenvalue weighted by atomic mass is 16.1. The molecule has 0 bridgehead atoms. The molecule has 1 saturated carbocycles. The summed E-state index contributed by atoms with van der Waals surface area (Å²) in [5.74, 6) is 2.72. The Balaban J connectivity index is 1.49. The van der Waals surface area contributed by atoms with Crippen molar-refractivity contribution in [1.29, 1.82) is 0 Å². The molecule has 39 heavy (non-hydrogen) atoms. The molecule has 1 aromatic carbocycles. The minimum absolute atomic E-state index is 0.115. The molecule has 0 spiro atoms. The van der Waals surface area contributed by atoms with Crippen LogP contribution in [0.2, 0.25) is 0 Å². The second kappa shape index (κ2) is 10.6. The third kappa shape index (κ3) is 4.47. The molecule has 1 unspecified atom stereocenters. The molecule has 2 aliphatic heterocycles. The number of rotatable bonds is 6. The van der Waals surface area contributed by atoms with Crippen LogP contribution in [0.15, 0.2) is 65.4 Å². The van der Waals surface area contributed by atoms with Crippen molar-refractivity contribution in [2.45, 2.75) is 77.8 Å². The van der Waals surface area contributed by atoms with Crippen LogP contribution in [0, 0.1) is 6.92 Å². The van der Waals surface area contributed by atoms with Crippen molar-refractivity contribution in [3.8, 4) is 0 Å². The van der Waals surface area contributed by atoms with Crippen LogP contribution < -0.4 is 5.32 Å². The van der Waals surface area contributed by atoms with Crippen LogP contribution in [0.3, 0.4) is 0 Å². The van der Waals surface area contributed by atoms with E-state index in [-0.39, 0.29) is 11.9 Å². The van der Waals surface area contributed by atoms with Gasteiger partial charge in [-0.3, -0.25) is 14.3 Å². The van der Waals surface area contributed by atoms with Crippen molar-refractivity contribution >= 4 is 28.8 Å². The molecule has 0 saturated heterocycles. The average molecular weight is 522 g/mol. The number of hydrogen-bond donors (Lipinski definition) is 1. The summed E-state index contributed by atoms with van der Waals surface area (Å²) in [6.07, 6.45) is 13.1. The number of carbonyl (C=O) groups excluding carboxylic acids is 1. The Kier molecular flexibility index (Phi) is 6.85. The molecule has 6 rings (SSSR count). The summed E-state index contributed by atoms with van der Waals surface area (Å²) < 4.78 is 2.21. The molecule has 1 fully saturated rings. The number of amides is 1. The highest BCUT2D eigenvalue weighted by molar-refractivity contribution is 6.20. The van der Waals surface area contributed by atoms with Crippen molar-refractivity contribution in [1.82, 2.24) is 24.6 Å². The lowest BCUT2D eigenvalue weighted by atomic mass is 10.0. The third-order valence-electron chi connectivity index (χ3n) is 8.18. The standard InChI is InChI=1S/C31H35N7O/c1-4-21-15-16-27-29(38(23-13-9-10-14-23)26(5-2)30-36-35-20(3)37(27)30)34-28(21)24-17-18-32-19-25(24)33-31(39)22-11-7-6-8-12-22/h6-8,11-12,16-19,23,26H,4-5,9-10,13-15H2,1-3H3,(H,33,39). The Hall–Kier alpha value is -4.07. The Labute approximate surface area is 229 Å². The number of nitrogens with zero attached hydrogens (tertiary/aromatic N) is 6. The SMILES string of the molecule is CCC1=C(c2ccncc2NC(=O)c2ccccc2)N=C2C(=CC1)n1c(C)nnc1C(CC)N2C1CCCC1. The van der Waals surface area contributed by atoms with Crippen molar-refractivity contribution in [3.63, 3.8) is 0 Å². The molecule has 1 N–H and O–H groups in total. The number of carbonyl (C=O) groups is 1. The lowest BCUT2D eigenvalue weighted by molar-refractivity contribution is 0.102. The average Bonchev–Trinajstić information content (AvgIpc) is 3.59. The monoisotopic (exact) mass is 521 g/mol. The van der Waals surface area contributed by atoms with E-state index in [1.165, 1.54) is 18.4 Å². The van der Waals surface area contributed by atoms with E-state index in [2.05, 4.69) is 49.9 Å². The van der Waals surface area contributed by atoms with E-state index in [9.17, 15) is 4.79 Å². The molecule has 1 atom stereocenters. The molecular weight excluding hydrogens is 486 g/mol. The fourth-order valence-electron chi connectivity index (χ4n) is 6.23. The second-order valence-corrected chi connectivity index (χ2v) is 10.5. The van der Waals surface area contributed by atoms with Crippen LogP contribution in [-0.2, 0) is 0 Å². The molecule has 8 nitrogen and oxygen atoms in total. The number of fused-ring (bicyclic) bond motifs is 3. The smallest absolute Gasteiger partial charge is 0.255 e. The van der Waals surface area contributed by atoms with Crippen LogP contribution in [0.25, 0.3) is 11.4 Å². The first-order chi connectivity index (χ1) is 19.1. The van der Waals surface area contributed by atoms with Gasteiger partial charge in [0.15, 0.2) is 11.7 Å². The molecule has 0 radical (unpaired) electrons. The summed E-state index contributed by atoms with van der Waals surface area (Å²) in [4.78, 5) is 25.5. The molecule has 4 heterocycles. The summed E-state index contributed by atoms with van der Waals surface area (Å²) in [6, 6.07) is 11.8. The van der Waals surface area contributed by atoms with Crippen molar-refractivity contribution in [2.24, 2.45) is 4.99 Å². The van der Waals surface area contributed by atoms with Crippen LogP contribution in [0.1, 0.15) is 92.4 Å². The van der Waals surface area contributed by atoms with E-state index in [0.29, 0.717) is 17.3 Å². The van der Waals surface area contributed by atoms with Gasteiger partial charge >= 0.3 is 0 Å². The van der Waals surface area contributed by atoms with E-state index >= 15 is 0 Å². The number of anilines is 1. The highest BCUT2D eigenvalue weighted by Gasteiger charge is 2.41. The maximum Gasteiger partial charge on any atom is 0.255 e. The third-order valence-corrected chi connectivity index (χ3v) is 8.18. The van der Waals surface area contributed by atoms with Crippen molar-refractivity contribution in [3.05, 3.63) is 83.2 Å². The van der Waals surface area contributed by atoms with Crippen LogP contribution >= 0.6 is 0 Å². The molecule has 1 aliphatic carbocycles. The van der Waals surface area contributed by atoms with Crippen LogP contribution in [0.4, 0.5) is 5.69 Å². The van der Waals surface area contributed by atoms with Crippen molar-refractivity contribution < 1.29 is 4.79 Å². The minimum Gasteiger partial charge on any atom is -0.342 e. The van der Waals surface area contributed by atoms with Gasteiger partial charge in [0.2, 0.25) is 0 Å². The Morgan fingerprint density at radius 3 is 2.62 bits per heavy atom. The van der Waals surface area contributed by atoms with E-state index in [0.717, 1.165) is 66.5 Å². The summed E-state index contributed by atoms with van der Waals surface area (Å²) in [5, 5.41) is 12.2. The largest absolute Gasteiger partial charge is 0.342 e. The first kappa shape index (κ1) is 25.2. The van der Waals surface area contributed by atoms with Gasteiger partial charge in [-0.2, -0.15) is 0 Å². The first-order valence-corrected chi connectivity index (χ1v) is 14.1. The van der Waals surface area contributed by atoms with E-state index in [1.54, 1.807) is 12.4 Å². The van der Waals surface area contributed by atoms with Gasteiger partial charge in [0.05, 0.1) is 29.3 Å². The van der Waals surface area contributed by atoms with E-state index in [1.807, 2.05) is 43.3 Å². The number of aromatic nitrogens is 4. The zero-order valence-electron chi connectivity index (χ0n) is 22.9. The van der Waals surface area contributed by atoms with Crippen LogP contribution in [-0.4, -0.2) is 42.4 Å². The number of allylic oxidation sites excluding steroid dienone is 2. The maximum absolute atomic E-state index is 13.1. The van der Waals surface area contributed by atoms with Gasteiger partial charge < -0.3 is 10.2 Å². The van der Waals surface area contributed by atoms with Gasteiger partial charge in [-0.1, -0.05) is 51.0 Å². The number of pyridine rings is 1. The summed E-state index contributed by atoms with van der Waals surface area (Å²) in [7, 11) is 0. The molecule has 1 amide bonds. The fraction of sp³-hybridized carbons (Fsp3) is 0.387. The molecule has 3 aliphatic rings. The molecule has 2 aromatic heterocycles. The Morgan fingerprint density at radius 1 is 1.08 bits per heavy atom. The Bertz CT molecular complexity index is 1480. The highest BCUT2D eigenvalue weighted by Crippen LogP contribution is 2.43. The summed E-state index contributed by atoms with van der Waals surface area (Å²) >= 11 is 0. The van der Waals surface area contributed by atoms with E-state index in [4.69, 9.17) is 4.99 Å². The maximum atomic E-state index is 13.1. The predicted molar refractivity (Wildman–Crippen MR) is 154 cm³/mol. The Morgan fingerprint density at radius 2 is 1.87 bits per heavy atom. The first-order valence-electron chi connectivity index (χ1n) is 14.1. The van der Waals surface area contributed by atoms with Gasteiger partial charge in [-0.05, 0) is 62.8 Å². The minimum atomic E-state index is -0.162.